The topological polar surface area (TPSA) is 12.9 Å². The molecule has 0 amide bonds. The first-order chi connectivity index (χ1) is 4.70. The van der Waals surface area contributed by atoms with Gasteiger partial charge >= 0.3 is 0 Å². The smallest absolute Gasteiger partial charge is 0.129 e. The van der Waals surface area contributed by atoms with Crippen molar-refractivity contribution in [2.45, 2.75) is 6.88 Å². The third-order valence-electron chi connectivity index (χ3n) is 0.737. The summed E-state index contributed by atoms with van der Waals surface area (Å²) in [5.74, 6) is 0. The van der Waals surface area contributed by atoms with E-state index in [4.69, 9.17) is 14.3 Å². The van der Waals surface area contributed by atoms with Crippen LogP contribution in [0.5, 0.6) is 0 Å². The summed E-state index contributed by atoms with van der Waals surface area (Å²) in [5, 5.41) is 0.335. The second-order valence-electron chi connectivity index (χ2n) is 1.39. The molecule has 8 heavy (non-hydrogen) atoms. The van der Waals surface area contributed by atoms with Crippen LogP contribution in [-0.4, -0.2) is 4.98 Å². The molecule has 0 aliphatic rings. The summed E-state index contributed by atoms with van der Waals surface area (Å²) < 4.78 is 13.9. The molecule has 1 heterocycles. The predicted molar refractivity (Wildman–Crippen MR) is 34.0 cm³/mol. The number of hydrogen-bond acceptors (Lipinski definition) is 1. The third-order valence-corrected chi connectivity index (χ3v) is 0.947. The zero-order valence-electron chi connectivity index (χ0n) is 6.13. The Hall–Kier alpha value is -0.560. The molecule has 0 fully saturated rings. The number of aryl methyl sites for hydroxylation is 1. The lowest BCUT2D eigenvalue weighted by molar-refractivity contribution is 1.20. The molecule has 0 N–H and O–H groups in total. The zero-order chi connectivity index (χ0) is 7.56. The quantitative estimate of drug-likeness (QED) is 0.489. The number of hydrogen-bond donors (Lipinski definition) is 0. The maximum absolute atomic E-state index is 6.96. The van der Waals surface area contributed by atoms with Crippen LogP contribution < -0.4 is 0 Å². The van der Waals surface area contributed by atoms with Gasteiger partial charge in [0.15, 0.2) is 0 Å². The van der Waals surface area contributed by atoms with Crippen molar-refractivity contribution < 1.29 is 2.74 Å². The van der Waals surface area contributed by atoms with E-state index in [0.29, 0.717) is 10.8 Å². The summed E-state index contributed by atoms with van der Waals surface area (Å²) in [5.41, 5.74) is 0.382. The molecule has 2 heteroatoms. The normalized spacial score (nSPS) is 13.2. The molecule has 0 aromatic carbocycles. The standard InChI is InChI=1S/C6H6ClN/c1-5-3-2-4-6(7)8-5/h2-4H,1H3/i1D2. The SMILES string of the molecule is [2H]C([2H])c1cccc(Cl)n1. The molecular weight excluding hydrogens is 122 g/mol. The van der Waals surface area contributed by atoms with Crippen molar-refractivity contribution in [3.8, 4) is 0 Å². The maximum Gasteiger partial charge on any atom is 0.129 e. The van der Waals surface area contributed by atoms with Gasteiger partial charge in [0.05, 0.1) is 0 Å². The molecule has 0 spiro atoms. The molecule has 1 aromatic heterocycles. The summed E-state index contributed by atoms with van der Waals surface area (Å²) in [4.78, 5) is 3.76. The summed E-state index contributed by atoms with van der Waals surface area (Å²) in [6.07, 6.45) is 0. The zero-order valence-corrected chi connectivity index (χ0v) is 4.89. The number of nitrogens with zero attached hydrogens (tertiary/aromatic N) is 1. The van der Waals surface area contributed by atoms with Gasteiger partial charge in [-0.05, 0) is 19.0 Å². The first kappa shape index (κ1) is 3.46. The number of halogens is 1. The van der Waals surface area contributed by atoms with Crippen LogP contribution in [0.4, 0.5) is 0 Å². The summed E-state index contributed by atoms with van der Waals surface area (Å²) in [7, 11) is 0. The van der Waals surface area contributed by atoms with Gasteiger partial charge in [0.2, 0.25) is 0 Å². The van der Waals surface area contributed by atoms with Gasteiger partial charge in [-0.3, -0.25) is 0 Å². The molecule has 1 aromatic rings. The van der Waals surface area contributed by atoms with Crippen LogP contribution in [0.15, 0.2) is 18.2 Å². The van der Waals surface area contributed by atoms with Gasteiger partial charge in [-0.15, -0.1) is 0 Å². The minimum Gasteiger partial charge on any atom is -0.241 e. The largest absolute Gasteiger partial charge is 0.241 e. The van der Waals surface area contributed by atoms with Crippen molar-refractivity contribution >= 4 is 11.6 Å². The van der Waals surface area contributed by atoms with Gasteiger partial charge in [0, 0.05) is 8.44 Å². The molecule has 0 aliphatic carbocycles. The van der Waals surface area contributed by atoms with Gasteiger partial charge in [-0.25, -0.2) is 4.98 Å². The monoisotopic (exact) mass is 129 g/mol. The fourth-order valence-corrected chi connectivity index (χ4v) is 0.594. The number of aromatic nitrogens is 1. The van der Waals surface area contributed by atoms with Crippen molar-refractivity contribution in [1.29, 1.82) is 0 Å². The second-order valence-corrected chi connectivity index (χ2v) is 1.77. The van der Waals surface area contributed by atoms with Crippen molar-refractivity contribution in [1.82, 2.24) is 4.98 Å². The molecular formula is C6H6ClN. The van der Waals surface area contributed by atoms with Gasteiger partial charge in [-0.1, -0.05) is 17.7 Å². The fraction of sp³-hybridized carbons (Fsp3) is 0.167. The average molecular weight is 130 g/mol. The number of pyridine rings is 1. The van der Waals surface area contributed by atoms with Gasteiger partial charge in [-0.2, -0.15) is 0 Å². The highest BCUT2D eigenvalue weighted by atomic mass is 35.5. The van der Waals surface area contributed by atoms with Crippen LogP contribution in [0.3, 0.4) is 0 Å². The Morgan fingerprint density at radius 1 is 1.75 bits per heavy atom. The van der Waals surface area contributed by atoms with Gasteiger partial charge in [0.1, 0.15) is 5.15 Å². The van der Waals surface area contributed by atoms with E-state index in [2.05, 4.69) is 4.98 Å². The highest BCUT2D eigenvalue weighted by Gasteiger charge is 1.84. The molecule has 0 saturated heterocycles. The lowest BCUT2D eigenvalue weighted by atomic mass is 10.4. The first-order valence-corrected chi connectivity index (χ1v) is 2.55. The molecule has 0 aliphatic heterocycles. The number of rotatable bonds is 0. The van der Waals surface area contributed by atoms with Crippen LogP contribution in [0.25, 0.3) is 0 Å². The molecule has 1 rings (SSSR count). The van der Waals surface area contributed by atoms with E-state index in [9.17, 15) is 0 Å². The van der Waals surface area contributed by atoms with Crippen LogP contribution in [0.2, 0.25) is 5.15 Å². The summed E-state index contributed by atoms with van der Waals surface area (Å²) in [6, 6.07) is 4.91. The van der Waals surface area contributed by atoms with Crippen molar-refractivity contribution in [2.24, 2.45) is 0 Å². The van der Waals surface area contributed by atoms with E-state index < -0.39 is 6.88 Å². The molecule has 0 saturated carbocycles. The Kier molecular flexibility index (Phi) is 0.926. The van der Waals surface area contributed by atoms with Gasteiger partial charge in [0.25, 0.3) is 0 Å². The van der Waals surface area contributed by atoms with E-state index in [1.54, 1.807) is 18.2 Å². The van der Waals surface area contributed by atoms with E-state index in [1.807, 2.05) is 0 Å². The van der Waals surface area contributed by atoms with E-state index >= 15 is 0 Å². The summed E-state index contributed by atoms with van der Waals surface area (Å²) >= 11 is 5.51. The first-order valence-electron chi connectivity index (χ1n) is 3.32. The van der Waals surface area contributed by atoms with E-state index in [-0.39, 0.29) is 0 Å². The lowest BCUT2D eigenvalue weighted by Crippen LogP contribution is -1.76. The Bertz CT molecular complexity index is 227. The van der Waals surface area contributed by atoms with Crippen molar-refractivity contribution in [3.05, 3.63) is 29.0 Å². The molecule has 0 radical (unpaired) electrons. The molecule has 0 bridgehead atoms. The van der Waals surface area contributed by atoms with E-state index in [1.165, 1.54) is 0 Å². The molecule has 0 unspecified atom stereocenters. The Morgan fingerprint density at radius 2 is 2.62 bits per heavy atom. The van der Waals surface area contributed by atoms with Crippen LogP contribution >= 0.6 is 11.6 Å². The third kappa shape index (κ3) is 1.20. The highest BCUT2D eigenvalue weighted by molar-refractivity contribution is 6.29. The van der Waals surface area contributed by atoms with Crippen LogP contribution in [-0.2, 0) is 0 Å². The van der Waals surface area contributed by atoms with Gasteiger partial charge < -0.3 is 0 Å². The predicted octanol–water partition coefficient (Wildman–Crippen LogP) is 2.04. The second kappa shape index (κ2) is 2.14. The minimum absolute atomic E-state index is 0.335. The maximum atomic E-state index is 6.96. The molecule has 42 valence electrons. The highest BCUT2D eigenvalue weighted by Crippen LogP contribution is 2.02. The Labute approximate surface area is 56.1 Å². The fourth-order valence-electron chi connectivity index (χ4n) is 0.424. The lowest BCUT2D eigenvalue weighted by Gasteiger charge is -1.88. The Morgan fingerprint density at radius 3 is 3.12 bits per heavy atom. The molecule has 0 atom stereocenters. The van der Waals surface area contributed by atoms with Crippen LogP contribution in [0, 0.1) is 6.88 Å². The minimum atomic E-state index is -1.04. The molecule has 1 nitrogen and oxygen atoms in total. The van der Waals surface area contributed by atoms with Crippen LogP contribution in [0.1, 0.15) is 8.44 Å². The van der Waals surface area contributed by atoms with E-state index in [0.717, 1.165) is 0 Å². The Balaban J connectivity index is 2.96. The van der Waals surface area contributed by atoms with Crippen molar-refractivity contribution in [3.63, 3.8) is 0 Å². The average Bonchev–Trinajstić information content (AvgIpc) is 1.88. The summed E-state index contributed by atoms with van der Waals surface area (Å²) in [6.45, 7) is -1.04. The van der Waals surface area contributed by atoms with Crippen molar-refractivity contribution in [2.75, 3.05) is 0 Å².